The predicted octanol–water partition coefficient (Wildman–Crippen LogP) is 3.25. The maximum absolute atomic E-state index is 3.37. The van der Waals surface area contributed by atoms with E-state index < -0.39 is 0 Å². The van der Waals surface area contributed by atoms with Crippen molar-refractivity contribution in [1.29, 1.82) is 0 Å². The van der Waals surface area contributed by atoms with E-state index in [1.807, 2.05) is 19.1 Å². The first-order valence-corrected chi connectivity index (χ1v) is 3.59. The lowest BCUT2D eigenvalue weighted by molar-refractivity contribution is 1.22. The highest BCUT2D eigenvalue weighted by Crippen LogP contribution is 2.06. The smallest absolute Gasteiger partial charge is 0.0131 e. The third-order valence-corrected chi connectivity index (χ3v) is 1.31. The Morgan fingerprint density at radius 1 is 1.62 bits per heavy atom. The molecular formula is C7H11Br. The van der Waals surface area contributed by atoms with E-state index in [2.05, 4.69) is 28.9 Å². The summed E-state index contributed by atoms with van der Waals surface area (Å²) in [5.74, 6) is 0. The van der Waals surface area contributed by atoms with Gasteiger partial charge in [0.1, 0.15) is 0 Å². The Kier molecular flexibility index (Phi) is 5.08. The van der Waals surface area contributed by atoms with Crippen molar-refractivity contribution in [3.63, 3.8) is 0 Å². The van der Waals surface area contributed by atoms with Crippen LogP contribution in [0.1, 0.15) is 20.3 Å². The van der Waals surface area contributed by atoms with Crippen LogP contribution in [0.5, 0.6) is 0 Å². The first-order valence-electron chi connectivity index (χ1n) is 2.79. The standard InChI is InChI=1S/C7H11Br/c1-3-5-7(8)6-4-2/h3,5-6H,4H2,1-2H3. The van der Waals surface area contributed by atoms with Crippen LogP contribution in [0.25, 0.3) is 0 Å². The quantitative estimate of drug-likeness (QED) is 0.565. The van der Waals surface area contributed by atoms with Crippen molar-refractivity contribution in [2.45, 2.75) is 20.3 Å². The van der Waals surface area contributed by atoms with Gasteiger partial charge in [0, 0.05) is 4.48 Å². The Bertz CT molecular complexity index is 101. The van der Waals surface area contributed by atoms with Crippen molar-refractivity contribution in [3.05, 3.63) is 22.7 Å². The molecule has 46 valence electrons. The molecule has 0 aliphatic rings. The third kappa shape index (κ3) is 4.13. The molecule has 0 aromatic carbocycles. The van der Waals surface area contributed by atoms with E-state index in [0.717, 1.165) is 6.42 Å². The van der Waals surface area contributed by atoms with Crippen molar-refractivity contribution < 1.29 is 0 Å². The summed E-state index contributed by atoms with van der Waals surface area (Å²) in [5, 5.41) is 0. The summed E-state index contributed by atoms with van der Waals surface area (Å²) >= 11 is 3.37. The van der Waals surface area contributed by atoms with Crippen molar-refractivity contribution in [2.75, 3.05) is 0 Å². The summed E-state index contributed by atoms with van der Waals surface area (Å²) in [6, 6.07) is 0. The van der Waals surface area contributed by atoms with Gasteiger partial charge < -0.3 is 0 Å². The number of halogens is 1. The van der Waals surface area contributed by atoms with Crippen LogP contribution in [-0.2, 0) is 0 Å². The molecule has 0 aliphatic carbocycles. The second kappa shape index (κ2) is 5.10. The van der Waals surface area contributed by atoms with Gasteiger partial charge in [-0.15, -0.1) is 0 Å². The Balaban J connectivity index is 3.61. The highest BCUT2D eigenvalue weighted by molar-refractivity contribution is 9.11. The molecule has 0 aromatic rings. The lowest BCUT2D eigenvalue weighted by Gasteiger charge is -1.82. The lowest BCUT2D eigenvalue weighted by Crippen LogP contribution is -1.59. The number of rotatable bonds is 2. The van der Waals surface area contributed by atoms with Gasteiger partial charge in [0.2, 0.25) is 0 Å². The predicted molar refractivity (Wildman–Crippen MR) is 42.1 cm³/mol. The minimum atomic E-state index is 1.09. The number of allylic oxidation sites excluding steroid dienone is 4. The Morgan fingerprint density at radius 2 is 2.25 bits per heavy atom. The summed E-state index contributed by atoms with van der Waals surface area (Å²) in [4.78, 5) is 0. The third-order valence-electron chi connectivity index (χ3n) is 0.725. The largest absolute Gasteiger partial charge is 0.0866 e. The van der Waals surface area contributed by atoms with Gasteiger partial charge in [0.05, 0.1) is 0 Å². The first kappa shape index (κ1) is 7.96. The van der Waals surface area contributed by atoms with Crippen molar-refractivity contribution >= 4 is 15.9 Å². The molecule has 0 heterocycles. The zero-order valence-electron chi connectivity index (χ0n) is 5.32. The number of hydrogen-bond acceptors (Lipinski definition) is 0. The molecule has 0 saturated heterocycles. The molecule has 0 atom stereocenters. The summed E-state index contributed by atoms with van der Waals surface area (Å²) in [6.45, 7) is 4.12. The highest BCUT2D eigenvalue weighted by atomic mass is 79.9. The molecule has 0 aromatic heterocycles. The fourth-order valence-electron chi connectivity index (χ4n) is 0.422. The first-order chi connectivity index (χ1) is 3.81. The fraction of sp³-hybridized carbons (Fsp3) is 0.429. The second-order valence-electron chi connectivity index (χ2n) is 1.50. The zero-order chi connectivity index (χ0) is 6.41. The monoisotopic (exact) mass is 174 g/mol. The van der Waals surface area contributed by atoms with Crippen molar-refractivity contribution in [3.8, 4) is 0 Å². The van der Waals surface area contributed by atoms with E-state index in [0.29, 0.717) is 0 Å². The average molecular weight is 175 g/mol. The molecule has 0 bridgehead atoms. The molecule has 1 heteroatoms. The molecule has 0 nitrogen and oxygen atoms in total. The van der Waals surface area contributed by atoms with Crippen LogP contribution in [0.3, 0.4) is 0 Å². The van der Waals surface area contributed by atoms with E-state index in [-0.39, 0.29) is 0 Å². The Morgan fingerprint density at radius 3 is 2.62 bits per heavy atom. The van der Waals surface area contributed by atoms with Crippen LogP contribution in [0, 0.1) is 0 Å². The van der Waals surface area contributed by atoms with E-state index in [4.69, 9.17) is 0 Å². The molecule has 0 aliphatic heterocycles. The molecule has 0 radical (unpaired) electrons. The van der Waals surface area contributed by atoms with Crippen LogP contribution in [0.15, 0.2) is 22.7 Å². The lowest BCUT2D eigenvalue weighted by atomic mass is 10.4. The van der Waals surface area contributed by atoms with Gasteiger partial charge in [-0.3, -0.25) is 0 Å². The van der Waals surface area contributed by atoms with E-state index in [1.54, 1.807) is 0 Å². The number of hydrogen-bond donors (Lipinski definition) is 0. The van der Waals surface area contributed by atoms with Gasteiger partial charge in [-0.05, 0) is 13.3 Å². The molecule has 8 heavy (non-hydrogen) atoms. The van der Waals surface area contributed by atoms with Gasteiger partial charge in [0.25, 0.3) is 0 Å². The Hall–Kier alpha value is -0.0400. The van der Waals surface area contributed by atoms with Crippen LogP contribution in [-0.4, -0.2) is 0 Å². The Labute approximate surface area is 59.4 Å². The topological polar surface area (TPSA) is 0 Å². The van der Waals surface area contributed by atoms with Crippen LogP contribution in [0.4, 0.5) is 0 Å². The maximum atomic E-state index is 3.37. The zero-order valence-corrected chi connectivity index (χ0v) is 6.90. The molecule has 0 fully saturated rings. The molecule has 0 spiro atoms. The van der Waals surface area contributed by atoms with Crippen LogP contribution in [0.2, 0.25) is 0 Å². The normalized spacial score (nSPS) is 13.1. The molecule has 0 amide bonds. The van der Waals surface area contributed by atoms with Gasteiger partial charge in [0.15, 0.2) is 0 Å². The molecule has 0 unspecified atom stereocenters. The summed E-state index contributed by atoms with van der Waals surface area (Å²) < 4.78 is 1.17. The fourth-order valence-corrected chi connectivity index (χ4v) is 1.01. The van der Waals surface area contributed by atoms with E-state index >= 15 is 0 Å². The van der Waals surface area contributed by atoms with Crippen molar-refractivity contribution in [1.82, 2.24) is 0 Å². The van der Waals surface area contributed by atoms with E-state index in [1.165, 1.54) is 4.48 Å². The molecular weight excluding hydrogens is 164 g/mol. The minimum absolute atomic E-state index is 1.09. The highest BCUT2D eigenvalue weighted by Gasteiger charge is 1.76. The van der Waals surface area contributed by atoms with Crippen molar-refractivity contribution in [2.24, 2.45) is 0 Å². The summed E-state index contributed by atoms with van der Waals surface area (Å²) in [7, 11) is 0. The molecule has 0 saturated carbocycles. The molecule has 0 N–H and O–H groups in total. The van der Waals surface area contributed by atoms with Crippen LogP contribution < -0.4 is 0 Å². The minimum Gasteiger partial charge on any atom is -0.0866 e. The maximum Gasteiger partial charge on any atom is 0.0131 e. The van der Waals surface area contributed by atoms with Gasteiger partial charge >= 0.3 is 0 Å². The summed E-state index contributed by atoms with van der Waals surface area (Å²) in [5.41, 5.74) is 0. The second-order valence-corrected chi connectivity index (χ2v) is 2.41. The van der Waals surface area contributed by atoms with Crippen LogP contribution >= 0.6 is 15.9 Å². The van der Waals surface area contributed by atoms with E-state index in [9.17, 15) is 0 Å². The SMILES string of the molecule is CC=CC(Br)=CCC. The molecule has 0 rings (SSSR count). The summed E-state index contributed by atoms with van der Waals surface area (Å²) in [6.07, 6.45) is 7.25. The van der Waals surface area contributed by atoms with Gasteiger partial charge in [-0.25, -0.2) is 0 Å². The average Bonchev–Trinajstić information content (AvgIpc) is 1.68. The van der Waals surface area contributed by atoms with Gasteiger partial charge in [-0.2, -0.15) is 0 Å². The van der Waals surface area contributed by atoms with Gasteiger partial charge in [-0.1, -0.05) is 41.1 Å².